The van der Waals surface area contributed by atoms with Crippen molar-refractivity contribution in [2.24, 2.45) is 5.10 Å². The first kappa shape index (κ1) is 21.4. The fourth-order valence-electron chi connectivity index (χ4n) is 3.08. The van der Waals surface area contributed by atoms with Crippen LogP contribution in [-0.2, 0) is 4.79 Å². The highest BCUT2D eigenvalue weighted by atomic mass is 19.1. The largest absolute Gasteiger partial charge is 0.271 e. The molecule has 3 aromatic carbocycles. The van der Waals surface area contributed by atoms with Crippen LogP contribution in [0, 0.1) is 17.1 Å². The number of carbonyl (C=O) groups excluding carboxylic acids is 1. The van der Waals surface area contributed by atoms with Crippen molar-refractivity contribution in [3.8, 4) is 11.8 Å². The number of para-hydroxylation sites is 1. The topological polar surface area (TPSA) is 83.1 Å². The maximum absolute atomic E-state index is 13.4. The zero-order chi connectivity index (χ0) is 23.0. The van der Waals surface area contributed by atoms with Crippen molar-refractivity contribution in [2.45, 2.75) is 0 Å². The first-order chi connectivity index (χ1) is 16.1. The quantitative estimate of drug-likeness (QED) is 0.274. The number of halogens is 1. The molecule has 1 heterocycles. The van der Waals surface area contributed by atoms with Crippen molar-refractivity contribution in [1.29, 1.82) is 5.26 Å². The van der Waals surface area contributed by atoms with E-state index in [1.807, 2.05) is 36.4 Å². The molecule has 33 heavy (non-hydrogen) atoms. The number of benzene rings is 3. The van der Waals surface area contributed by atoms with Crippen molar-refractivity contribution in [3.05, 3.63) is 119 Å². The predicted octanol–water partition coefficient (Wildman–Crippen LogP) is 4.57. The summed E-state index contributed by atoms with van der Waals surface area (Å²) in [6.45, 7) is 0. The number of nitrogens with zero attached hydrogens (tertiary/aromatic N) is 4. The monoisotopic (exact) mass is 435 g/mol. The van der Waals surface area contributed by atoms with Gasteiger partial charge in [0.15, 0.2) is 0 Å². The maximum Gasteiger partial charge on any atom is 0.271 e. The van der Waals surface area contributed by atoms with Gasteiger partial charge in [-0.3, -0.25) is 4.79 Å². The van der Waals surface area contributed by atoms with Crippen LogP contribution in [0.25, 0.3) is 17.3 Å². The summed E-state index contributed by atoms with van der Waals surface area (Å²) in [6.07, 6.45) is 6.59. The Bertz CT molecular complexity index is 1350. The number of amides is 1. The van der Waals surface area contributed by atoms with E-state index in [-0.39, 0.29) is 0 Å². The smallest absolute Gasteiger partial charge is 0.267 e. The van der Waals surface area contributed by atoms with Gasteiger partial charge in [0.2, 0.25) is 0 Å². The fraction of sp³-hybridized carbons (Fsp3) is 0. The van der Waals surface area contributed by atoms with Crippen molar-refractivity contribution in [2.75, 3.05) is 0 Å². The number of hydrazone groups is 1. The van der Waals surface area contributed by atoms with Gasteiger partial charge in [0.25, 0.3) is 5.91 Å². The molecule has 0 aliphatic rings. The number of hydrogen-bond acceptors (Lipinski definition) is 4. The van der Waals surface area contributed by atoms with Crippen LogP contribution in [0.4, 0.5) is 4.39 Å². The second-order valence-corrected chi connectivity index (χ2v) is 7.05. The first-order valence-corrected chi connectivity index (χ1v) is 10.0. The molecule has 1 aromatic heterocycles. The van der Waals surface area contributed by atoms with Crippen molar-refractivity contribution >= 4 is 23.8 Å². The molecule has 1 N–H and O–H groups in total. The Morgan fingerprint density at radius 1 is 1.00 bits per heavy atom. The molecule has 0 atom stereocenters. The molecule has 0 unspecified atom stereocenters. The third-order valence-electron chi connectivity index (χ3n) is 4.75. The van der Waals surface area contributed by atoms with E-state index in [0.717, 1.165) is 11.3 Å². The molecule has 0 saturated carbocycles. The molecule has 0 radical (unpaired) electrons. The number of hydrogen-bond donors (Lipinski definition) is 1. The maximum atomic E-state index is 13.4. The van der Waals surface area contributed by atoms with Crippen molar-refractivity contribution in [1.82, 2.24) is 15.2 Å². The van der Waals surface area contributed by atoms with E-state index in [1.54, 1.807) is 47.4 Å². The summed E-state index contributed by atoms with van der Waals surface area (Å²) in [4.78, 5) is 12.9. The summed E-state index contributed by atoms with van der Waals surface area (Å²) in [7, 11) is 0. The molecule has 6 nitrogen and oxygen atoms in total. The molecule has 1 amide bonds. The first-order valence-electron chi connectivity index (χ1n) is 10.0. The van der Waals surface area contributed by atoms with Crippen LogP contribution in [0.5, 0.6) is 0 Å². The highest BCUT2D eigenvalue weighted by molar-refractivity contribution is 6.24. The van der Waals surface area contributed by atoms with Gasteiger partial charge in [0.1, 0.15) is 5.82 Å². The fourth-order valence-corrected chi connectivity index (χ4v) is 3.08. The van der Waals surface area contributed by atoms with E-state index in [1.165, 1.54) is 30.5 Å². The van der Waals surface area contributed by atoms with Crippen molar-refractivity contribution < 1.29 is 9.18 Å². The van der Waals surface area contributed by atoms with Crippen molar-refractivity contribution in [3.63, 3.8) is 0 Å². The molecule has 0 aliphatic heterocycles. The minimum absolute atomic E-state index is 0.305. The van der Waals surface area contributed by atoms with Crippen LogP contribution in [0.2, 0.25) is 0 Å². The van der Waals surface area contributed by atoms with Gasteiger partial charge in [-0.15, -0.1) is 0 Å². The molecule has 4 aromatic rings. The summed E-state index contributed by atoms with van der Waals surface area (Å²) in [5.41, 5.74) is 6.20. The van der Waals surface area contributed by atoms with Gasteiger partial charge >= 0.3 is 0 Å². The van der Waals surface area contributed by atoms with Gasteiger partial charge in [0.05, 0.1) is 29.7 Å². The molecule has 7 heteroatoms. The molecule has 0 spiro atoms. The molecule has 4 rings (SSSR count). The Morgan fingerprint density at radius 2 is 1.73 bits per heavy atom. The normalized spacial score (nSPS) is 11.3. The third-order valence-corrected chi connectivity index (χ3v) is 4.75. The lowest BCUT2D eigenvalue weighted by molar-refractivity contribution is -0.115. The summed E-state index contributed by atoms with van der Waals surface area (Å²) in [5.74, 6) is -0.854. The SMILES string of the molecule is N#Cc1ccc(/C=N/NC(=O)/C(=C/c2cnn(-c3ccccc3)c2)c2ccc(F)cc2)cc1. The summed E-state index contributed by atoms with van der Waals surface area (Å²) in [6, 6.07) is 24.1. The second kappa shape index (κ2) is 9.98. The Hall–Kier alpha value is -4.83. The Morgan fingerprint density at radius 3 is 2.42 bits per heavy atom. The van der Waals surface area contributed by atoms with Crippen LogP contribution in [0.3, 0.4) is 0 Å². The molecular formula is C26H18FN5O. The summed E-state index contributed by atoms with van der Waals surface area (Å²) >= 11 is 0. The molecule has 160 valence electrons. The number of carbonyl (C=O) groups is 1. The van der Waals surface area contributed by atoms with Crippen LogP contribution >= 0.6 is 0 Å². The minimum atomic E-state index is -0.459. The van der Waals surface area contributed by atoms with E-state index in [9.17, 15) is 9.18 Å². The average Bonchev–Trinajstić information content (AvgIpc) is 3.33. The standard InChI is InChI=1S/C26H18FN5O/c27-23-12-10-22(11-13-23)25(14-21-17-30-32(18-21)24-4-2-1-3-5-24)26(33)31-29-16-20-8-6-19(15-28)7-9-20/h1-14,16-18H,(H,31,33)/b25-14+,29-16+. The molecule has 0 fully saturated rings. The molecule has 0 bridgehead atoms. The molecule has 0 saturated heterocycles. The minimum Gasteiger partial charge on any atom is -0.267 e. The highest BCUT2D eigenvalue weighted by Gasteiger charge is 2.13. The average molecular weight is 435 g/mol. The lowest BCUT2D eigenvalue weighted by atomic mass is 10.0. The van der Waals surface area contributed by atoms with E-state index < -0.39 is 11.7 Å². The Kier molecular flexibility index (Phi) is 6.48. The van der Waals surface area contributed by atoms with Gasteiger partial charge in [-0.2, -0.15) is 15.5 Å². The summed E-state index contributed by atoms with van der Waals surface area (Å²) in [5, 5.41) is 17.2. The van der Waals surface area contributed by atoms with Gasteiger partial charge in [-0.25, -0.2) is 14.5 Å². The number of nitrogens with one attached hydrogen (secondary N) is 1. The Labute approximate surface area is 189 Å². The lowest BCUT2D eigenvalue weighted by Crippen LogP contribution is -2.19. The van der Waals surface area contributed by atoms with Gasteiger partial charge < -0.3 is 0 Å². The van der Waals surface area contributed by atoms with E-state index >= 15 is 0 Å². The number of rotatable bonds is 6. The van der Waals surface area contributed by atoms with Crippen LogP contribution in [0.15, 0.2) is 96.4 Å². The zero-order valence-corrected chi connectivity index (χ0v) is 17.4. The van der Waals surface area contributed by atoms with Gasteiger partial charge in [0, 0.05) is 17.3 Å². The zero-order valence-electron chi connectivity index (χ0n) is 17.4. The van der Waals surface area contributed by atoms with E-state index in [4.69, 9.17) is 5.26 Å². The number of aromatic nitrogens is 2. The Balaban J connectivity index is 1.59. The van der Waals surface area contributed by atoms with Gasteiger partial charge in [-0.05, 0) is 53.6 Å². The van der Waals surface area contributed by atoms with Gasteiger partial charge in [-0.1, -0.05) is 42.5 Å². The lowest BCUT2D eigenvalue weighted by Gasteiger charge is -2.06. The highest BCUT2D eigenvalue weighted by Crippen LogP contribution is 2.20. The third kappa shape index (κ3) is 5.46. The predicted molar refractivity (Wildman–Crippen MR) is 125 cm³/mol. The van der Waals surface area contributed by atoms with Crippen LogP contribution in [0.1, 0.15) is 22.3 Å². The second-order valence-electron chi connectivity index (χ2n) is 7.05. The van der Waals surface area contributed by atoms with Crippen LogP contribution in [-0.4, -0.2) is 21.9 Å². The number of nitriles is 1. The van der Waals surface area contributed by atoms with E-state index in [0.29, 0.717) is 22.3 Å². The van der Waals surface area contributed by atoms with Crippen LogP contribution < -0.4 is 5.43 Å². The molecular weight excluding hydrogens is 417 g/mol. The molecule has 0 aliphatic carbocycles. The van der Waals surface area contributed by atoms with E-state index in [2.05, 4.69) is 15.6 Å². The summed E-state index contributed by atoms with van der Waals surface area (Å²) < 4.78 is 15.1.